The van der Waals surface area contributed by atoms with Crippen LogP contribution in [0.3, 0.4) is 0 Å². The molecule has 1 aromatic rings. The average Bonchev–Trinajstić information content (AvgIpc) is 2.77. The van der Waals surface area contributed by atoms with Gasteiger partial charge in [0.1, 0.15) is 0 Å². The first-order valence-electron chi connectivity index (χ1n) is 6.32. The Labute approximate surface area is 124 Å². The summed E-state index contributed by atoms with van der Waals surface area (Å²) in [6.07, 6.45) is 2.64. The Morgan fingerprint density at radius 1 is 1.39 bits per heavy atom. The number of thioether (sulfide) groups is 1. The van der Waals surface area contributed by atoms with Crippen molar-refractivity contribution in [2.24, 2.45) is 0 Å². The Hall–Kier alpha value is 0.110. The highest BCUT2D eigenvalue weighted by molar-refractivity contribution is 8.00. The predicted molar refractivity (Wildman–Crippen MR) is 83.0 cm³/mol. The van der Waals surface area contributed by atoms with Crippen LogP contribution in [0.5, 0.6) is 0 Å². The van der Waals surface area contributed by atoms with E-state index in [0.29, 0.717) is 20.8 Å². The molecule has 1 aliphatic heterocycles. The number of nitrogens with one attached hydrogen (secondary N) is 1. The molecule has 0 aliphatic carbocycles. The fourth-order valence-corrected chi connectivity index (χ4v) is 3.81. The molecule has 0 saturated carbocycles. The largest absolute Gasteiger partial charge is 0.309 e. The van der Waals surface area contributed by atoms with Gasteiger partial charge in [0.2, 0.25) is 0 Å². The van der Waals surface area contributed by atoms with Gasteiger partial charge in [0, 0.05) is 17.3 Å². The summed E-state index contributed by atoms with van der Waals surface area (Å²) < 4.78 is 0.393. The summed E-state index contributed by atoms with van der Waals surface area (Å²) in [5.74, 6) is 1.29. The van der Waals surface area contributed by atoms with Crippen molar-refractivity contribution in [1.82, 2.24) is 5.32 Å². The number of benzene rings is 1. The van der Waals surface area contributed by atoms with Crippen LogP contribution in [-0.4, -0.2) is 17.0 Å². The zero-order chi connectivity index (χ0) is 13.2. The van der Waals surface area contributed by atoms with Crippen molar-refractivity contribution in [3.05, 3.63) is 33.8 Å². The molecular formula is C14H19Cl2NS. The van der Waals surface area contributed by atoms with Crippen molar-refractivity contribution in [3.63, 3.8) is 0 Å². The van der Waals surface area contributed by atoms with Crippen molar-refractivity contribution in [2.45, 2.75) is 37.5 Å². The number of halogens is 2. The van der Waals surface area contributed by atoms with Crippen LogP contribution in [0, 0.1) is 0 Å². The van der Waals surface area contributed by atoms with Crippen LogP contribution in [-0.2, 0) is 0 Å². The maximum Gasteiger partial charge on any atom is 0.0595 e. The Kier molecular flexibility index (Phi) is 4.87. The molecule has 1 fully saturated rings. The van der Waals surface area contributed by atoms with Crippen LogP contribution in [0.1, 0.15) is 38.3 Å². The van der Waals surface area contributed by atoms with Crippen LogP contribution >= 0.6 is 35.0 Å². The average molecular weight is 304 g/mol. The smallest absolute Gasteiger partial charge is 0.0595 e. The van der Waals surface area contributed by atoms with E-state index in [-0.39, 0.29) is 0 Å². The fraction of sp³-hybridized carbons (Fsp3) is 0.571. The first kappa shape index (κ1) is 14.5. The molecule has 1 nitrogen and oxygen atoms in total. The highest BCUT2D eigenvalue weighted by Crippen LogP contribution is 2.37. The molecule has 4 heteroatoms. The van der Waals surface area contributed by atoms with Gasteiger partial charge in [-0.15, -0.1) is 0 Å². The van der Waals surface area contributed by atoms with Gasteiger partial charge in [0.25, 0.3) is 0 Å². The maximum atomic E-state index is 6.05. The van der Waals surface area contributed by atoms with Gasteiger partial charge in [-0.05, 0) is 50.1 Å². The molecule has 2 rings (SSSR count). The minimum absolute atomic E-state index is 0.304. The second-order valence-electron chi connectivity index (χ2n) is 5.18. The van der Waals surface area contributed by atoms with E-state index in [1.165, 1.54) is 24.2 Å². The third kappa shape index (κ3) is 3.57. The number of rotatable bonds is 4. The highest BCUT2D eigenvalue weighted by Gasteiger charge is 2.29. The Morgan fingerprint density at radius 2 is 2.17 bits per heavy atom. The standard InChI is InChI=1S/C14H19Cl2NS/c1-10(11-4-5-12(15)13(16)8-11)17-9-14(2)6-3-7-18-14/h4-5,8,10,17H,3,6-7,9H2,1-2H3. The summed E-state index contributed by atoms with van der Waals surface area (Å²) in [7, 11) is 0. The number of hydrogen-bond acceptors (Lipinski definition) is 2. The lowest BCUT2D eigenvalue weighted by molar-refractivity contribution is 0.490. The number of hydrogen-bond donors (Lipinski definition) is 1. The van der Waals surface area contributed by atoms with Crippen molar-refractivity contribution in [1.29, 1.82) is 0 Å². The third-order valence-corrected chi connectivity index (χ3v) is 5.80. The van der Waals surface area contributed by atoms with Gasteiger partial charge >= 0.3 is 0 Å². The zero-order valence-electron chi connectivity index (χ0n) is 10.8. The van der Waals surface area contributed by atoms with E-state index in [1.54, 1.807) is 0 Å². The topological polar surface area (TPSA) is 12.0 Å². The Bertz CT molecular complexity index is 416. The molecule has 2 atom stereocenters. The molecule has 1 aliphatic rings. The Morgan fingerprint density at radius 3 is 2.78 bits per heavy atom. The Balaban J connectivity index is 1.94. The van der Waals surface area contributed by atoms with E-state index in [1.807, 2.05) is 18.2 Å². The van der Waals surface area contributed by atoms with Crippen LogP contribution in [0.2, 0.25) is 10.0 Å². The van der Waals surface area contributed by atoms with Crippen LogP contribution < -0.4 is 5.32 Å². The van der Waals surface area contributed by atoms with Gasteiger partial charge in [-0.25, -0.2) is 0 Å². The quantitative estimate of drug-likeness (QED) is 0.846. The van der Waals surface area contributed by atoms with Gasteiger partial charge in [-0.2, -0.15) is 11.8 Å². The first-order chi connectivity index (χ1) is 8.50. The molecule has 0 amide bonds. The fourth-order valence-electron chi connectivity index (χ4n) is 2.24. The lowest BCUT2D eigenvalue weighted by Crippen LogP contribution is -2.34. The second-order valence-corrected chi connectivity index (χ2v) is 7.67. The van der Waals surface area contributed by atoms with Crippen LogP contribution in [0.4, 0.5) is 0 Å². The van der Waals surface area contributed by atoms with E-state index in [2.05, 4.69) is 30.9 Å². The normalized spacial score (nSPS) is 25.3. The van der Waals surface area contributed by atoms with Crippen molar-refractivity contribution < 1.29 is 0 Å². The van der Waals surface area contributed by atoms with Crippen LogP contribution in [0.25, 0.3) is 0 Å². The minimum Gasteiger partial charge on any atom is -0.309 e. The van der Waals surface area contributed by atoms with Gasteiger partial charge in [-0.3, -0.25) is 0 Å². The first-order valence-corrected chi connectivity index (χ1v) is 8.07. The second kappa shape index (κ2) is 6.04. The van der Waals surface area contributed by atoms with Crippen molar-refractivity contribution in [3.8, 4) is 0 Å². The molecule has 0 aromatic heterocycles. The predicted octanol–water partition coefficient (Wildman–Crippen LogP) is 4.93. The third-order valence-electron chi connectivity index (χ3n) is 3.53. The summed E-state index contributed by atoms with van der Waals surface area (Å²) in [6.45, 7) is 5.56. The van der Waals surface area contributed by atoms with Gasteiger partial charge in [0.15, 0.2) is 0 Å². The molecule has 1 aromatic carbocycles. The summed E-state index contributed by atoms with van der Waals surface area (Å²) in [4.78, 5) is 0. The van der Waals surface area contributed by atoms with Gasteiger partial charge in [-0.1, -0.05) is 29.3 Å². The van der Waals surface area contributed by atoms with Crippen molar-refractivity contribution in [2.75, 3.05) is 12.3 Å². The van der Waals surface area contributed by atoms with Gasteiger partial charge in [0.05, 0.1) is 10.0 Å². The van der Waals surface area contributed by atoms with Crippen molar-refractivity contribution >= 4 is 35.0 Å². The molecule has 0 spiro atoms. The molecule has 0 radical (unpaired) electrons. The highest BCUT2D eigenvalue weighted by atomic mass is 35.5. The maximum absolute atomic E-state index is 6.05. The summed E-state index contributed by atoms with van der Waals surface area (Å²) in [5, 5.41) is 4.85. The monoisotopic (exact) mass is 303 g/mol. The molecule has 18 heavy (non-hydrogen) atoms. The zero-order valence-corrected chi connectivity index (χ0v) is 13.1. The molecule has 1 heterocycles. The van der Waals surface area contributed by atoms with E-state index in [9.17, 15) is 0 Å². The summed E-state index contributed by atoms with van der Waals surface area (Å²) in [5.41, 5.74) is 1.19. The van der Waals surface area contributed by atoms with E-state index < -0.39 is 0 Å². The van der Waals surface area contributed by atoms with E-state index in [4.69, 9.17) is 23.2 Å². The van der Waals surface area contributed by atoms with Gasteiger partial charge < -0.3 is 5.32 Å². The molecule has 100 valence electrons. The molecule has 2 unspecified atom stereocenters. The van der Waals surface area contributed by atoms with Crippen LogP contribution in [0.15, 0.2) is 18.2 Å². The van der Waals surface area contributed by atoms with E-state index >= 15 is 0 Å². The molecular weight excluding hydrogens is 285 g/mol. The minimum atomic E-state index is 0.304. The summed E-state index contributed by atoms with van der Waals surface area (Å²) >= 11 is 14.1. The molecule has 1 saturated heterocycles. The van der Waals surface area contributed by atoms with E-state index in [0.717, 1.165) is 6.54 Å². The molecule has 1 N–H and O–H groups in total. The molecule has 0 bridgehead atoms. The summed E-state index contributed by atoms with van der Waals surface area (Å²) in [6, 6.07) is 6.16. The lowest BCUT2D eigenvalue weighted by atomic mass is 10.0. The SMILES string of the molecule is CC(NCC1(C)CCCS1)c1ccc(Cl)c(Cl)c1. The lowest BCUT2D eigenvalue weighted by Gasteiger charge is -2.26.